The van der Waals surface area contributed by atoms with Crippen molar-refractivity contribution in [2.24, 2.45) is 20.5 Å². The summed E-state index contributed by atoms with van der Waals surface area (Å²) in [5.74, 6) is -2.26. The zero-order chi connectivity index (χ0) is 43.7. The maximum Gasteiger partial charge on any atom is 0.397 e. The molecule has 0 aliphatic carbocycles. The van der Waals surface area contributed by atoms with Crippen LogP contribution in [-0.4, -0.2) is 106 Å². The van der Waals surface area contributed by atoms with Gasteiger partial charge >= 0.3 is 20.8 Å². The predicted molar refractivity (Wildman–Crippen MR) is 190 cm³/mol. The van der Waals surface area contributed by atoms with E-state index in [1.807, 2.05) is 0 Å². The Morgan fingerprint density at radius 1 is 0.526 bits per heavy atom. The highest BCUT2D eigenvalue weighted by molar-refractivity contribution is 7.92. The highest BCUT2D eigenvalue weighted by Gasteiger charge is 2.29. The van der Waals surface area contributed by atoms with Gasteiger partial charge in [0.2, 0.25) is 0 Å². The molecule has 0 saturated carbocycles. The van der Waals surface area contributed by atoms with Crippen LogP contribution in [0.15, 0.2) is 81.3 Å². The SMILES string of the molecule is Cc1c(N)c(/N=N/c2ccc(S(=O)(=O)CCOS(=O)(=O)O)cc2S(=O)(=O)O)c(N)c(/N=N/c2ccc(S(=O)(=O)CCOS(=O)(=O)O)cc2S(=O)(=O)O)c1S(=O)(=O)O. The Hall–Kier alpha value is -4.17. The van der Waals surface area contributed by atoms with Gasteiger partial charge in [0, 0.05) is 0 Å². The number of nitrogens with two attached hydrogens (primary N) is 2. The van der Waals surface area contributed by atoms with Gasteiger partial charge in [-0.05, 0) is 48.9 Å². The highest BCUT2D eigenvalue weighted by atomic mass is 32.3. The predicted octanol–water partition coefficient (Wildman–Crippen LogP) is 0.917. The zero-order valence-corrected chi connectivity index (χ0v) is 33.6. The monoisotopic (exact) mass is 946 g/mol. The van der Waals surface area contributed by atoms with Crippen LogP contribution in [0.2, 0.25) is 0 Å². The zero-order valence-electron chi connectivity index (χ0n) is 27.9. The average Bonchev–Trinajstić information content (AvgIpc) is 3.02. The lowest BCUT2D eigenvalue weighted by molar-refractivity contribution is 0.282. The number of azo groups is 2. The van der Waals surface area contributed by atoms with E-state index in [4.69, 9.17) is 20.6 Å². The van der Waals surface area contributed by atoms with Crippen molar-refractivity contribution in [3.63, 3.8) is 0 Å². The minimum atomic E-state index is -5.40. The van der Waals surface area contributed by atoms with Crippen molar-refractivity contribution in [2.45, 2.75) is 31.4 Å². The standard InChI is InChI=1S/C23H26N6O21S7/c1-12-19(24)21(28-26-15-4-2-13(10-17(15)53(34,35)36)51(30,31)8-6-49-56(43,44)45)20(25)22(23(12)55(40,41)42)29-27-16-5-3-14(11-18(16)54(37,38)39)52(32,33)9-7-50-57(46,47)48/h2-5,10-11H,6-9,24-25H2,1H3,(H,34,35,36)(H,37,38,39)(H,40,41,42)(H,43,44,45)(H,46,47,48)/b28-26+,29-27+. The van der Waals surface area contributed by atoms with Gasteiger partial charge in [0.05, 0.1) is 45.9 Å². The van der Waals surface area contributed by atoms with Gasteiger partial charge < -0.3 is 11.5 Å². The van der Waals surface area contributed by atoms with Gasteiger partial charge in [-0.1, -0.05) is 0 Å². The van der Waals surface area contributed by atoms with Crippen molar-refractivity contribution in [3.05, 3.63) is 42.0 Å². The number of hydrogen-bond acceptors (Lipinski definition) is 22. The van der Waals surface area contributed by atoms with Gasteiger partial charge in [0.25, 0.3) is 30.4 Å². The molecule has 0 bridgehead atoms. The minimum Gasteiger partial charge on any atom is -0.397 e. The Morgan fingerprint density at radius 3 is 1.23 bits per heavy atom. The molecule has 3 aromatic carbocycles. The molecule has 3 aromatic rings. The van der Waals surface area contributed by atoms with Crippen LogP contribution in [0.4, 0.5) is 34.1 Å². The van der Waals surface area contributed by atoms with E-state index in [1.165, 1.54) is 0 Å². The van der Waals surface area contributed by atoms with Crippen molar-refractivity contribution in [1.82, 2.24) is 0 Å². The number of sulfone groups is 2. The number of anilines is 2. The first-order chi connectivity index (χ1) is 25.7. The molecule has 34 heteroatoms. The lowest BCUT2D eigenvalue weighted by Gasteiger charge is -2.14. The van der Waals surface area contributed by atoms with E-state index in [0.717, 1.165) is 13.0 Å². The number of hydrogen-bond donors (Lipinski definition) is 7. The van der Waals surface area contributed by atoms with E-state index < -0.39 is 160 Å². The summed E-state index contributed by atoms with van der Waals surface area (Å²) in [5.41, 5.74) is 6.29. The molecule has 0 aliphatic heterocycles. The smallest absolute Gasteiger partial charge is 0.397 e. The largest absolute Gasteiger partial charge is 0.397 e. The molecule has 316 valence electrons. The first-order valence-electron chi connectivity index (χ1n) is 14.1. The molecule has 0 spiro atoms. The van der Waals surface area contributed by atoms with Crippen molar-refractivity contribution in [2.75, 3.05) is 36.2 Å². The molecule has 0 saturated heterocycles. The fourth-order valence-electron chi connectivity index (χ4n) is 4.28. The molecular weight excluding hydrogens is 921 g/mol. The van der Waals surface area contributed by atoms with E-state index in [1.54, 1.807) is 0 Å². The van der Waals surface area contributed by atoms with Gasteiger partial charge in [0.1, 0.15) is 37.4 Å². The molecule has 0 unspecified atom stereocenters. The second-order valence-corrected chi connectivity index (χ2v) is 21.2. The summed E-state index contributed by atoms with van der Waals surface area (Å²) < 4.78 is 222. The quantitative estimate of drug-likeness (QED) is 0.0562. The Bertz CT molecular complexity index is 2990. The third kappa shape index (κ3) is 12.4. The molecule has 0 aliphatic rings. The Balaban J connectivity index is 2.21. The molecule has 0 fully saturated rings. The summed E-state index contributed by atoms with van der Waals surface area (Å²) in [6.07, 6.45) is 0. The van der Waals surface area contributed by atoms with E-state index in [-0.39, 0.29) is 0 Å². The normalized spacial score (nSPS) is 13.8. The van der Waals surface area contributed by atoms with E-state index in [9.17, 15) is 72.6 Å². The van der Waals surface area contributed by atoms with Crippen LogP contribution in [0.1, 0.15) is 5.56 Å². The van der Waals surface area contributed by atoms with E-state index in [2.05, 4.69) is 28.8 Å². The molecule has 0 aromatic heterocycles. The molecule has 57 heavy (non-hydrogen) atoms. The lowest BCUT2D eigenvalue weighted by Crippen LogP contribution is -2.16. The number of rotatable bonds is 17. The Morgan fingerprint density at radius 2 is 0.895 bits per heavy atom. The van der Waals surface area contributed by atoms with Crippen LogP contribution >= 0.6 is 0 Å². The van der Waals surface area contributed by atoms with Crippen LogP contribution in [0, 0.1) is 6.92 Å². The van der Waals surface area contributed by atoms with Gasteiger partial charge in [-0.25, -0.2) is 25.2 Å². The molecular formula is C23H26N6O21S7. The van der Waals surface area contributed by atoms with Crippen LogP contribution in [0.3, 0.4) is 0 Å². The molecule has 27 nitrogen and oxygen atoms in total. The molecule has 0 amide bonds. The molecule has 0 atom stereocenters. The van der Waals surface area contributed by atoms with Crippen molar-refractivity contribution < 1.29 is 90.1 Å². The maximum absolute atomic E-state index is 12.6. The first kappa shape index (κ1) is 47.2. The molecule has 0 radical (unpaired) electrons. The van der Waals surface area contributed by atoms with Crippen molar-refractivity contribution in [3.8, 4) is 0 Å². The summed E-state index contributed by atoms with van der Waals surface area (Å²) in [6, 6.07) is 3.42. The van der Waals surface area contributed by atoms with Crippen LogP contribution in [0.25, 0.3) is 0 Å². The first-order valence-corrected chi connectivity index (χ1v) is 24.5. The topological polar surface area (TPSA) is 460 Å². The fraction of sp³-hybridized carbons (Fsp3) is 0.217. The highest BCUT2D eigenvalue weighted by Crippen LogP contribution is 2.47. The maximum atomic E-state index is 12.6. The minimum absolute atomic E-state index is 0.337. The number of benzene rings is 3. The molecule has 9 N–H and O–H groups in total. The van der Waals surface area contributed by atoms with Gasteiger partial charge in [-0.2, -0.15) is 42.1 Å². The Kier molecular flexibility index (Phi) is 13.7. The average molecular weight is 947 g/mol. The van der Waals surface area contributed by atoms with Crippen molar-refractivity contribution >= 4 is 105 Å². The summed E-state index contributed by atoms with van der Waals surface area (Å²) in [6.45, 7) is -1.27. The third-order valence-corrected chi connectivity index (χ3v) is 13.9. The third-order valence-electron chi connectivity index (χ3n) is 6.80. The molecule has 0 heterocycles. The summed E-state index contributed by atoms with van der Waals surface area (Å²) in [4.78, 5) is -5.36. The van der Waals surface area contributed by atoms with Crippen LogP contribution < -0.4 is 11.5 Å². The van der Waals surface area contributed by atoms with Gasteiger partial charge in [-0.15, -0.1) is 20.5 Å². The summed E-state index contributed by atoms with van der Waals surface area (Å²) in [7, 11) is -35.4. The summed E-state index contributed by atoms with van der Waals surface area (Å²) in [5, 5.41) is 14.3. The van der Waals surface area contributed by atoms with Gasteiger partial charge in [0.15, 0.2) is 19.7 Å². The van der Waals surface area contributed by atoms with Crippen LogP contribution in [0.5, 0.6) is 0 Å². The van der Waals surface area contributed by atoms with Crippen LogP contribution in [-0.2, 0) is 79.2 Å². The second-order valence-electron chi connectivity index (χ2n) is 10.7. The second kappa shape index (κ2) is 16.6. The molecule has 3 rings (SSSR count). The number of nitrogens with zero attached hydrogens (tertiary/aromatic N) is 4. The van der Waals surface area contributed by atoms with E-state index >= 15 is 0 Å². The lowest BCUT2D eigenvalue weighted by atomic mass is 10.1. The van der Waals surface area contributed by atoms with Gasteiger partial charge in [-0.3, -0.25) is 22.8 Å². The van der Waals surface area contributed by atoms with Crippen molar-refractivity contribution in [1.29, 1.82) is 0 Å². The number of nitrogen functional groups attached to an aromatic ring is 2. The Labute approximate surface area is 323 Å². The summed E-state index contributed by atoms with van der Waals surface area (Å²) >= 11 is 0. The fourth-order valence-corrected chi connectivity index (χ4v) is 9.64. The van der Waals surface area contributed by atoms with E-state index in [0.29, 0.717) is 30.3 Å².